The number of fused-ring (bicyclic) bond motifs is 1. The molecule has 0 fully saturated rings. The summed E-state index contributed by atoms with van der Waals surface area (Å²) < 4.78 is 0. The van der Waals surface area contributed by atoms with E-state index >= 15 is 0 Å². The Hall–Kier alpha value is -3.42. The molecule has 3 N–H and O–H groups in total. The van der Waals surface area contributed by atoms with E-state index in [9.17, 15) is 19.2 Å². The number of hydrogen-bond donors (Lipinski definition) is 3. The number of anilines is 1. The maximum absolute atomic E-state index is 13.3. The van der Waals surface area contributed by atoms with Gasteiger partial charge in [0.15, 0.2) is 0 Å². The van der Waals surface area contributed by atoms with Crippen LogP contribution in [0, 0.1) is 11.8 Å². The summed E-state index contributed by atoms with van der Waals surface area (Å²) in [6, 6.07) is 6.03. The number of para-hydroxylation sites is 1. The quantitative estimate of drug-likeness (QED) is 0.431. The Bertz CT molecular complexity index is 1060. The lowest BCUT2D eigenvalue weighted by molar-refractivity contribution is -0.143. The Morgan fingerprint density at radius 1 is 1.06 bits per heavy atom. The van der Waals surface area contributed by atoms with Crippen LogP contribution < -0.4 is 16.0 Å². The number of hydrogen-bond acceptors (Lipinski definition) is 4. The summed E-state index contributed by atoms with van der Waals surface area (Å²) in [5, 5.41) is 8.43. The summed E-state index contributed by atoms with van der Waals surface area (Å²) in [5.74, 6) is -1.49. The van der Waals surface area contributed by atoms with E-state index < -0.39 is 17.5 Å². The van der Waals surface area contributed by atoms with Crippen molar-refractivity contribution in [3.63, 3.8) is 0 Å². The summed E-state index contributed by atoms with van der Waals surface area (Å²) >= 11 is 0. The normalized spacial score (nSPS) is 18.4. The zero-order valence-electron chi connectivity index (χ0n) is 22.6. The molecule has 3 atom stereocenters. The minimum absolute atomic E-state index is 0.143. The SMILES string of the molecule is CC(=O)NC(C(=O)N(C)C(C(=O)NC=CC1(CC=C(C)C)C(=O)Nc2ccccc21)C(C)C)C(C)C. The monoisotopic (exact) mass is 496 g/mol. The summed E-state index contributed by atoms with van der Waals surface area (Å²) in [6.07, 6.45) is 5.68. The third kappa shape index (κ3) is 6.42. The fourth-order valence-electron chi connectivity index (χ4n) is 4.50. The second kappa shape index (κ2) is 12.0. The molecule has 2 rings (SSSR count). The number of allylic oxidation sites excluding steroid dienone is 2. The fourth-order valence-corrected chi connectivity index (χ4v) is 4.50. The van der Waals surface area contributed by atoms with Crippen molar-refractivity contribution in [2.75, 3.05) is 12.4 Å². The summed E-state index contributed by atoms with van der Waals surface area (Å²) in [7, 11) is 1.57. The van der Waals surface area contributed by atoms with Gasteiger partial charge in [-0.1, -0.05) is 57.5 Å². The van der Waals surface area contributed by atoms with Crippen LogP contribution in [0.25, 0.3) is 0 Å². The maximum atomic E-state index is 13.3. The lowest BCUT2D eigenvalue weighted by atomic mass is 9.78. The van der Waals surface area contributed by atoms with Gasteiger partial charge in [0.1, 0.15) is 12.1 Å². The molecule has 8 heteroatoms. The first-order chi connectivity index (χ1) is 16.8. The molecule has 0 bridgehead atoms. The summed E-state index contributed by atoms with van der Waals surface area (Å²) in [5.41, 5.74) is 1.73. The molecular formula is C28H40N4O4. The lowest BCUT2D eigenvalue weighted by Crippen LogP contribution is -2.56. The highest BCUT2D eigenvalue weighted by atomic mass is 16.2. The van der Waals surface area contributed by atoms with Crippen molar-refractivity contribution >= 4 is 29.3 Å². The topological polar surface area (TPSA) is 108 Å². The van der Waals surface area contributed by atoms with Crippen molar-refractivity contribution in [1.29, 1.82) is 0 Å². The van der Waals surface area contributed by atoms with Gasteiger partial charge in [-0.05, 0) is 49.8 Å². The second-order valence-corrected chi connectivity index (χ2v) is 10.4. The Morgan fingerprint density at radius 3 is 2.25 bits per heavy atom. The summed E-state index contributed by atoms with van der Waals surface area (Å²) in [6.45, 7) is 12.7. The second-order valence-electron chi connectivity index (χ2n) is 10.4. The van der Waals surface area contributed by atoms with Crippen LogP contribution >= 0.6 is 0 Å². The average molecular weight is 497 g/mol. The lowest BCUT2D eigenvalue weighted by Gasteiger charge is -2.34. The van der Waals surface area contributed by atoms with Crippen molar-refractivity contribution in [2.45, 2.75) is 72.4 Å². The molecule has 0 spiro atoms. The van der Waals surface area contributed by atoms with Gasteiger partial charge in [-0.15, -0.1) is 0 Å². The van der Waals surface area contributed by atoms with E-state index in [1.165, 1.54) is 18.0 Å². The number of nitrogens with zero attached hydrogens (tertiary/aromatic N) is 1. The molecule has 36 heavy (non-hydrogen) atoms. The van der Waals surface area contributed by atoms with Crippen LogP contribution in [0.15, 0.2) is 48.2 Å². The van der Waals surface area contributed by atoms with Crippen LogP contribution in [0.1, 0.15) is 60.5 Å². The molecule has 0 radical (unpaired) electrons. The van der Waals surface area contributed by atoms with Gasteiger partial charge in [-0.25, -0.2) is 0 Å². The smallest absolute Gasteiger partial charge is 0.246 e. The molecule has 1 heterocycles. The van der Waals surface area contributed by atoms with E-state index in [1.807, 2.05) is 71.9 Å². The third-order valence-corrected chi connectivity index (χ3v) is 6.44. The van der Waals surface area contributed by atoms with Gasteiger partial charge in [0.2, 0.25) is 23.6 Å². The van der Waals surface area contributed by atoms with Crippen LogP contribution in [0.4, 0.5) is 5.69 Å². The number of amides is 4. The average Bonchev–Trinajstić information content (AvgIpc) is 3.06. The number of rotatable bonds is 10. The molecule has 0 saturated heterocycles. The third-order valence-electron chi connectivity index (χ3n) is 6.44. The van der Waals surface area contributed by atoms with E-state index in [1.54, 1.807) is 13.1 Å². The molecule has 1 aromatic rings. The molecule has 0 saturated carbocycles. The number of benzene rings is 1. The molecular weight excluding hydrogens is 456 g/mol. The van der Waals surface area contributed by atoms with Crippen molar-refractivity contribution in [2.24, 2.45) is 11.8 Å². The Labute approximate surface area is 214 Å². The van der Waals surface area contributed by atoms with Crippen LogP contribution in [0.5, 0.6) is 0 Å². The van der Waals surface area contributed by atoms with Crippen molar-refractivity contribution in [3.8, 4) is 0 Å². The molecule has 0 aliphatic carbocycles. The Morgan fingerprint density at radius 2 is 1.69 bits per heavy atom. The predicted octanol–water partition coefficient (Wildman–Crippen LogP) is 3.51. The van der Waals surface area contributed by atoms with Crippen LogP contribution in [0.2, 0.25) is 0 Å². The van der Waals surface area contributed by atoms with Gasteiger partial charge in [-0.2, -0.15) is 0 Å². The Kier molecular flexibility index (Phi) is 9.62. The Balaban J connectivity index is 2.31. The number of likely N-dealkylation sites (N-methyl/N-ethyl adjacent to an activating group) is 1. The molecule has 196 valence electrons. The number of nitrogens with one attached hydrogen (secondary N) is 3. The first-order valence-corrected chi connectivity index (χ1v) is 12.4. The molecule has 3 unspecified atom stereocenters. The van der Waals surface area contributed by atoms with Crippen molar-refractivity contribution in [1.82, 2.24) is 15.5 Å². The van der Waals surface area contributed by atoms with Gasteiger partial charge >= 0.3 is 0 Å². The van der Waals surface area contributed by atoms with Crippen molar-refractivity contribution in [3.05, 3.63) is 53.8 Å². The highest BCUT2D eigenvalue weighted by molar-refractivity contribution is 6.08. The standard InChI is InChI=1S/C28H40N4O4/c1-17(2)13-14-28(21-11-9-10-12-22(21)31-27(28)36)15-16-29-25(34)24(19(5)6)32(8)26(35)23(18(3)4)30-20(7)33/h9-13,15-16,18-19,23-24H,14H2,1-8H3,(H,29,34)(H,30,33)(H,31,36). The van der Waals surface area contributed by atoms with Crippen LogP contribution in [-0.2, 0) is 24.6 Å². The predicted molar refractivity (Wildman–Crippen MR) is 142 cm³/mol. The number of carbonyl (C=O) groups is 4. The maximum Gasteiger partial charge on any atom is 0.246 e. The summed E-state index contributed by atoms with van der Waals surface area (Å²) in [4.78, 5) is 52.6. The molecule has 8 nitrogen and oxygen atoms in total. The van der Waals surface area contributed by atoms with Gasteiger partial charge in [0, 0.05) is 25.9 Å². The largest absolute Gasteiger partial charge is 0.344 e. The fraction of sp³-hybridized carbons (Fsp3) is 0.500. The van der Waals surface area contributed by atoms with E-state index in [-0.39, 0.29) is 35.5 Å². The van der Waals surface area contributed by atoms with Gasteiger partial charge in [0.25, 0.3) is 0 Å². The molecule has 1 aliphatic rings. The van der Waals surface area contributed by atoms with E-state index in [2.05, 4.69) is 16.0 Å². The highest BCUT2D eigenvalue weighted by Gasteiger charge is 2.44. The van der Waals surface area contributed by atoms with Crippen molar-refractivity contribution < 1.29 is 19.2 Å². The van der Waals surface area contributed by atoms with Crippen LogP contribution in [0.3, 0.4) is 0 Å². The zero-order chi connectivity index (χ0) is 27.2. The van der Waals surface area contributed by atoms with E-state index in [4.69, 9.17) is 0 Å². The van der Waals surface area contributed by atoms with E-state index in [0.29, 0.717) is 6.42 Å². The molecule has 4 amide bonds. The first-order valence-electron chi connectivity index (χ1n) is 12.4. The highest BCUT2D eigenvalue weighted by Crippen LogP contribution is 2.41. The molecule has 0 aromatic heterocycles. The molecule has 1 aliphatic heterocycles. The minimum atomic E-state index is -0.954. The van der Waals surface area contributed by atoms with E-state index in [0.717, 1.165) is 16.8 Å². The van der Waals surface area contributed by atoms with Crippen LogP contribution in [-0.4, -0.2) is 47.7 Å². The first kappa shape index (κ1) is 28.8. The van der Waals surface area contributed by atoms with Gasteiger partial charge in [-0.3, -0.25) is 19.2 Å². The van der Waals surface area contributed by atoms with Gasteiger partial charge < -0.3 is 20.9 Å². The zero-order valence-corrected chi connectivity index (χ0v) is 22.6. The van der Waals surface area contributed by atoms with Gasteiger partial charge in [0.05, 0.1) is 5.41 Å². The molecule has 1 aromatic carbocycles. The minimum Gasteiger partial charge on any atom is -0.344 e. The number of carbonyl (C=O) groups excluding carboxylic acids is 4.